The fraction of sp³-hybridized carbons (Fsp3) is 0.400. The van der Waals surface area contributed by atoms with Crippen molar-refractivity contribution in [1.29, 1.82) is 0 Å². The monoisotopic (exact) mass is 283 g/mol. The highest BCUT2D eigenvalue weighted by molar-refractivity contribution is 9.10. The number of pyridine rings is 1. The van der Waals surface area contributed by atoms with Gasteiger partial charge in [0.1, 0.15) is 5.52 Å². The minimum absolute atomic E-state index is 0.516. The fourth-order valence-corrected chi connectivity index (χ4v) is 1.84. The Balaban J connectivity index is 2.40. The Hall–Kier alpha value is -1.14. The van der Waals surface area contributed by atoms with Crippen molar-refractivity contribution in [3.8, 4) is 0 Å². The molecule has 0 saturated heterocycles. The Morgan fingerprint density at radius 1 is 1.50 bits per heavy atom. The van der Waals surface area contributed by atoms with Gasteiger partial charge in [0.05, 0.1) is 0 Å². The molecule has 2 N–H and O–H groups in total. The molecule has 0 atom stereocenters. The maximum atomic E-state index is 5.87. The van der Waals surface area contributed by atoms with Gasteiger partial charge >= 0.3 is 0 Å². The number of nitrogens with two attached hydrogens (primary N) is 1. The smallest absolute Gasteiger partial charge is 0.202 e. The maximum absolute atomic E-state index is 5.87. The maximum Gasteiger partial charge on any atom is 0.202 e. The van der Waals surface area contributed by atoms with Crippen LogP contribution in [0.1, 0.15) is 0 Å². The van der Waals surface area contributed by atoms with Crippen LogP contribution in [-0.4, -0.2) is 40.1 Å². The Bertz CT molecular complexity index is 505. The number of likely N-dealkylation sites (N-methyl/N-ethyl adjacent to an activating group) is 1. The molecule has 6 heteroatoms. The Morgan fingerprint density at radius 3 is 2.94 bits per heavy atom. The predicted molar refractivity (Wildman–Crippen MR) is 68.2 cm³/mol. The molecule has 0 aliphatic rings. The van der Waals surface area contributed by atoms with Gasteiger partial charge in [0.15, 0.2) is 5.65 Å². The van der Waals surface area contributed by atoms with Crippen LogP contribution in [0, 0.1) is 0 Å². The van der Waals surface area contributed by atoms with Gasteiger partial charge in [-0.15, -0.1) is 0 Å². The third-order valence-electron chi connectivity index (χ3n) is 2.35. The summed E-state index contributed by atoms with van der Waals surface area (Å²) in [5, 5.41) is 0. The van der Waals surface area contributed by atoms with Crippen molar-refractivity contribution in [3.63, 3.8) is 0 Å². The molecule has 86 valence electrons. The van der Waals surface area contributed by atoms with E-state index in [0.29, 0.717) is 5.95 Å². The average molecular weight is 284 g/mol. The van der Waals surface area contributed by atoms with Gasteiger partial charge in [0.25, 0.3) is 0 Å². The second kappa shape index (κ2) is 4.39. The molecule has 0 bridgehead atoms. The predicted octanol–water partition coefficient (Wildman–Crippen LogP) is 1.34. The third kappa shape index (κ3) is 2.17. The van der Waals surface area contributed by atoms with Crippen LogP contribution in [0.2, 0.25) is 0 Å². The van der Waals surface area contributed by atoms with Gasteiger partial charge in [-0.25, -0.2) is 9.97 Å². The van der Waals surface area contributed by atoms with Crippen molar-refractivity contribution in [2.75, 3.05) is 26.4 Å². The highest BCUT2D eigenvalue weighted by atomic mass is 79.9. The van der Waals surface area contributed by atoms with Crippen LogP contribution in [0.4, 0.5) is 5.95 Å². The zero-order chi connectivity index (χ0) is 11.7. The van der Waals surface area contributed by atoms with E-state index in [1.54, 1.807) is 6.20 Å². The van der Waals surface area contributed by atoms with Crippen LogP contribution in [0.3, 0.4) is 0 Å². The molecule has 0 unspecified atom stereocenters. The molecule has 0 amide bonds. The molecule has 0 spiro atoms. The third-order valence-corrected chi connectivity index (χ3v) is 2.79. The van der Waals surface area contributed by atoms with Crippen molar-refractivity contribution >= 4 is 33.0 Å². The SMILES string of the molecule is CN(C)CCn1c(N)nc2cc(Br)cnc21. The lowest BCUT2D eigenvalue weighted by molar-refractivity contribution is 0.387. The van der Waals surface area contributed by atoms with E-state index in [0.717, 1.165) is 28.7 Å². The molecule has 0 aliphatic carbocycles. The molecule has 0 radical (unpaired) electrons. The molecule has 2 rings (SSSR count). The number of fused-ring (bicyclic) bond motifs is 1. The standard InChI is InChI=1S/C10H14BrN5/c1-15(2)3-4-16-9-8(14-10(16)12)5-7(11)6-13-9/h5-6H,3-4H2,1-2H3,(H2,12,14). The van der Waals surface area contributed by atoms with Gasteiger partial charge in [-0.05, 0) is 36.1 Å². The normalized spacial score (nSPS) is 11.5. The second-order valence-electron chi connectivity index (χ2n) is 3.92. The first kappa shape index (κ1) is 11.3. The average Bonchev–Trinajstić information content (AvgIpc) is 2.50. The van der Waals surface area contributed by atoms with Crippen molar-refractivity contribution in [1.82, 2.24) is 19.4 Å². The second-order valence-corrected chi connectivity index (χ2v) is 4.84. The zero-order valence-corrected chi connectivity index (χ0v) is 10.9. The summed E-state index contributed by atoms with van der Waals surface area (Å²) < 4.78 is 2.85. The molecule has 5 nitrogen and oxygen atoms in total. The lowest BCUT2D eigenvalue weighted by Crippen LogP contribution is -2.19. The molecule has 2 aromatic rings. The van der Waals surface area contributed by atoms with Gasteiger partial charge in [-0.3, -0.25) is 4.57 Å². The van der Waals surface area contributed by atoms with Gasteiger partial charge in [-0.2, -0.15) is 0 Å². The summed E-state index contributed by atoms with van der Waals surface area (Å²) in [5.41, 5.74) is 7.53. The number of hydrogen-bond acceptors (Lipinski definition) is 4. The highest BCUT2D eigenvalue weighted by Crippen LogP contribution is 2.19. The first-order valence-corrected chi connectivity index (χ1v) is 5.79. The molecular weight excluding hydrogens is 270 g/mol. The lowest BCUT2D eigenvalue weighted by atomic mass is 10.4. The lowest BCUT2D eigenvalue weighted by Gasteiger charge is -2.11. The Kier molecular flexibility index (Phi) is 3.11. The number of nitrogen functional groups attached to an aromatic ring is 1. The van der Waals surface area contributed by atoms with Crippen LogP contribution in [0.25, 0.3) is 11.2 Å². The van der Waals surface area contributed by atoms with Gasteiger partial charge in [-0.1, -0.05) is 0 Å². The molecule has 2 aromatic heterocycles. The van der Waals surface area contributed by atoms with Crippen molar-refractivity contribution < 1.29 is 0 Å². The van der Waals surface area contributed by atoms with Gasteiger partial charge in [0.2, 0.25) is 5.95 Å². The number of hydrogen-bond donors (Lipinski definition) is 1. The van der Waals surface area contributed by atoms with E-state index < -0.39 is 0 Å². The first-order valence-electron chi connectivity index (χ1n) is 5.00. The van der Waals surface area contributed by atoms with E-state index >= 15 is 0 Å². The molecule has 16 heavy (non-hydrogen) atoms. The van der Waals surface area contributed by atoms with Gasteiger partial charge in [0, 0.05) is 23.8 Å². The van der Waals surface area contributed by atoms with E-state index in [2.05, 4.69) is 30.8 Å². The summed E-state index contributed by atoms with van der Waals surface area (Å²) >= 11 is 3.37. The minimum atomic E-state index is 0.516. The molecule has 2 heterocycles. The Morgan fingerprint density at radius 2 is 2.25 bits per heavy atom. The van der Waals surface area contributed by atoms with Crippen LogP contribution in [0.15, 0.2) is 16.7 Å². The first-order chi connectivity index (χ1) is 7.58. The summed E-state index contributed by atoms with van der Waals surface area (Å²) in [4.78, 5) is 10.7. The minimum Gasteiger partial charge on any atom is -0.369 e. The molecular formula is C10H14BrN5. The van der Waals surface area contributed by atoms with E-state index in [1.165, 1.54) is 0 Å². The van der Waals surface area contributed by atoms with Crippen LogP contribution in [-0.2, 0) is 6.54 Å². The summed E-state index contributed by atoms with van der Waals surface area (Å²) in [6.45, 7) is 1.71. The van der Waals surface area contributed by atoms with E-state index in [1.807, 2.05) is 24.7 Å². The molecule has 0 fully saturated rings. The fourth-order valence-electron chi connectivity index (χ4n) is 1.52. The van der Waals surface area contributed by atoms with E-state index in [4.69, 9.17) is 5.73 Å². The number of anilines is 1. The van der Waals surface area contributed by atoms with E-state index in [9.17, 15) is 0 Å². The van der Waals surface area contributed by atoms with Crippen LogP contribution < -0.4 is 5.73 Å². The highest BCUT2D eigenvalue weighted by Gasteiger charge is 2.09. The number of rotatable bonds is 3. The Labute approximate surface area is 102 Å². The summed E-state index contributed by atoms with van der Waals surface area (Å²) in [5.74, 6) is 0.516. The van der Waals surface area contributed by atoms with Crippen molar-refractivity contribution in [2.24, 2.45) is 0 Å². The zero-order valence-electron chi connectivity index (χ0n) is 9.31. The number of halogens is 1. The topological polar surface area (TPSA) is 60.0 Å². The van der Waals surface area contributed by atoms with Gasteiger partial charge < -0.3 is 10.6 Å². The largest absolute Gasteiger partial charge is 0.369 e. The summed E-state index contributed by atoms with van der Waals surface area (Å²) in [6.07, 6.45) is 1.76. The summed E-state index contributed by atoms with van der Waals surface area (Å²) in [6, 6.07) is 1.92. The molecule has 0 aromatic carbocycles. The molecule has 0 saturated carbocycles. The van der Waals surface area contributed by atoms with E-state index in [-0.39, 0.29) is 0 Å². The van der Waals surface area contributed by atoms with Crippen molar-refractivity contribution in [3.05, 3.63) is 16.7 Å². The quantitative estimate of drug-likeness (QED) is 0.924. The van der Waals surface area contributed by atoms with Crippen LogP contribution >= 0.6 is 15.9 Å². The number of imidazole rings is 1. The van der Waals surface area contributed by atoms with Crippen LogP contribution in [0.5, 0.6) is 0 Å². The van der Waals surface area contributed by atoms with Crippen molar-refractivity contribution in [2.45, 2.75) is 6.54 Å². The molecule has 0 aliphatic heterocycles. The number of nitrogens with zero attached hydrogens (tertiary/aromatic N) is 4. The summed E-state index contributed by atoms with van der Waals surface area (Å²) in [7, 11) is 4.05. The number of aromatic nitrogens is 3.